The zero-order valence-corrected chi connectivity index (χ0v) is 16.9. The fourth-order valence-electron chi connectivity index (χ4n) is 3.13. The first-order valence-corrected chi connectivity index (χ1v) is 11.1. The van der Waals surface area contributed by atoms with Crippen LogP contribution in [0.15, 0.2) is 0 Å². The quantitative estimate of drug-likeness (QED) is 0.819. The van der Waals surface area contributed by atoms with Crippen molar-refractivity contribution in [1.82, 2.24) is 14.7 Å². The van der Waals surface area contributed by atoms with Gasteiger partial charge in [0, 0.05) is 24.0 Å². The molecule has 27 heavy (non-hydrogen) atoms. The van der Waals surface area contributed by atoms with Crippen molar-refractivity contribution < 1.29 is 21.6 Å². The number of nitrogens with one attached hydrogen (secondary N) is 1. The van der Waals surface area contributed by atoms with E-state index >= 15 is 0 Å². The molecule has 1 fully saturated rings. The maximum atomic E-state index is 13.2. The number of nitrogens with zero attached hydrogens (tertiary/aromatic N) is 3. The lowest BCUT2D eigenvalue weighted by Gasteiger charge is -2.33. The van der Waals surface area contributed by atoms with Crippen molar-refractivity contribution in [2.45, 2.75) is 45.8 Å². The summed E-state index contributed by atoms with van der Waals surface area (Å²) in [6.45, 7) is 6.12. The molecule has 2 aromatic rings. The van der Waals surface area contributed by atoms with Gasteiger partial charge in [-0.25, -0.2) is 23.1 Å². The summed E-state index contributed by atoms with van der Waals surface area (Å²) in [5.41, 5.74) is 0.882. The number of aromatic nitrogens is 2. The first-order chi connectivity index (χ1) is 12.5. The second kappa shape index (κ2) is 7.17. The molecule has 1 aliphatic heterocycles. The van der Waals surface area contributed by atoms with Crippen LogP contribution in [0.4, 0.5) is 19.0 Å². The molecular weight excluding hydrogens is 401 g/mol. The minimum absolute atomic E-state index is 0.00205. The van der Waals surface area contributed by atoms with E-state index < -0.39 is 22.0 Å². The van der Waals surface area contributed by atoms with Gasteiger partial charge in [-0.2, -0.15) is 13.2 Å². The Balaban J connectivity index is 1.93. The number of thiophene rings is 1. The molecule has 6 nitrogen and oxygen atoms in total. The largest absolute Gasteiger partial charge is 0.451 e. The average Bonchev–Trinajstić information content (AvgIpc) is 2.88. The third kappa shape index (κ3) is 4.19. The highest BCUT2D eigenvalue weighted by Gasteiger charge is 2.37. The van der Waals surface area contributed by atoms with E-state index in [9.17, 15) is 21.6 Å². The van der Waals surface area contributed by atoms with Crippen LogP contribution in [0, 0.1) is 13.8 Å². The molecule has 0 aliphatic carbocycles. The summed E-state index contributed by atoms with van der Waals surface area (Å²) in [4.78, 5) is 10.6. The van der Waals surface area contributed by atoms with Gasteiger partial charge in [-0.3, -0.25) is 0 Å². The van der Waals surface area contributed by atoms with Gasteiger partial charge < -0.3 is 4.90 Å². The van der Waals surface area contributed by atoms with Gasteiger partial charge >= 0.3 is 6.18 Å². The third-order valence-electron chi connectivity index (χ3n) is 4.78. The predicted molar refractivity (Wildman–Crippen MR) is 99.7 cm³/mol. The number of hydrogen-bond donors (Lipinski definition) is 1. The number of aryl methyl sites for hydroxylation is 2. The Morgan fingerprint density at radius 3 is 2.41 bits per heavy atom. The van der Waals surface area contributed by atoms with Crippen molar-refractivity contribution >= 4 is 37.4 Å². The smallest absolute Gasteiger partial charge is 0.356 e. The summed E-state index contributed by atoms with van der Waals surface area (Å²) in [5, 5.41) is 0.651. The first-order valence-electron chi connectivity index (χ1n) is 8.61. The van der Waals surface area contributed by atoms with E-state index in [2.05, 4.69) is 14.7 Å². The van der Waals surface area contributed by atoms with E-state index in [-0.39, 0.29) is 17.6 Å². The Morgan fingerprint density at radius 1 is 1.22 bits per heavy atom. The molecule has 1 N–H and O–H groups in total. The second-order valence-corrected chi connectivity index (χ2v) is 9.86. The van der Waals surface area contributed by atoms with Crippen LogP contribution in [0.25, 0.3) is 10.2 Å². The third-order valence-corrected chi connectivity index (χ3v) is 7.34. The fourth-order valence-corrected chi connectivity index (χ4v) is 5.06. The Morgan fingerprint density at radius 2 is 1.85 bits per heavy atom. The molecule has 0 saturated carbocycles. The van der Waals surface area contributed by atoms with E-state index in [1.807, 2.05) is 13.8 Å². The van der Waals surface area contributed by atoms with E-state index in [1.54, 1.807) is 11.8 Å². The van der Waals surface area contributed by atoms with Gasteiger partial charge in [0.05, 0.1) is 11.1 Å². The molecule has 0 radical (unpaired) electrons. The van der Waals surface area contributed by atoms with Crippen LogP contribution in [0.5, 0.6) is 0 Å². The van der Waals surface area contributed by atoms with Gasteiger partial charge in [-0.05, 0) is 39.2 Å². The van der Waals surface area contributed by atoms with Crippen LogP contribution in [0.2, 0.25) is 0 Å². The van der Waals surface area contributed by atoms with Gasteiger partial charge in [0.15, 0.2) is 0 Å². The minimum atomic E-state index is -4.62. The van der Waals surface area contributed by atoms with Gasteiger partial charge in [-0.15, -0.1) is 11.3 Å². The number of alkyl halides is 3. The van der Waals surface area contributed by atoms with Gasteiger partial charge in [0.25, 0.3) is 0 Å². The number of anilines is 1. The van der Waals surface area contributed by atoms with Crippen LogP contribution in [0.1, 0.15) is 36.0 Å². The van der Waals surface area contributed by atoms with Crippen LogP contribution in [-0.4, -0.2) is 43.3 Å². The van der Waals surface area contributed by atoms with Gasteiger partial charge in [-0.1, -0.05) is 0 Å². The van der Waals surface area contributed by atoms with E-state index in [0.29, 0.717) is 36.1 Å². The van der Waals surface area contributed by atoms with E-state index in [1.165, 1.54) is 11.3 Å². The second-order valence-electron chi connectivity index (χ2n) is 6.61. The van der Waals surface area contributed by atoms with Crippen molar-refractivity contribution in [2.75, 3.05) is 23.7 Å². The lowest BCUT2D eigenvalue weighted by Crippen LogP contribution is -2.45. The highest BCUT2D eigenvalue weighted by atomic mass is 32.2. The molecule has 0 unspecified atom stereocenters. The lowest BCUT2D eigenvalue weighted by molar-refractivity contribution is -0.144. The van der Waals surface area contributed by atoms with Crippen LogP contribution in [0.3, 0.4) is 0 Å². The topological polar surface area (TPSA) is 75.2 Å². The predicted octanol–water partition coefficient (Wildman–Crippen LogP) is 3.24. The van der Waals surface area contributed by atoms with Crippen molar-refractivity contribution in [3.8, 4) is 0 Å². The summed E-state index contributed by atoms with van der Waals surface area (Å²) < 4.78 is 65.8. The molecule has 150 valence electrons. The van der Waals surface area contributed by atoms with Crippen molar-refractivity contribution in [2.24, 2.45) is 0 Å². The zero-order valence-electron chi connectivity index (χ0n) is 15.2. The molecular formula is C16H21F3N4O2S2. The normalized spacial score (nSPS) is 17.0. The maximum absolute atomic E-state index is 13.2. The molecule has 11 heteroatoms. The molecule has 3 heterocycles. The van der Waals surface area contributed by atoms with E-state index in [0.717, 1.165) is 10.4 Å². The van der Waals surface area contributed by atoms with Gasteiger partial charge in [0.1, 0.15) is 10.6 Å². The number of halogens is 3. The molecule has 1 aliphatic rings. The first kappa shape index (κ1) is 20.3. The lowest BCUT2D eigenvalue weighted by atomic mass is 10.1. The number of fused-ring (bicyclic) bond motifs is 1. The number of hydrogen-bond acceptors (Lipinski definition) is 6. The summed E-state index contributed by atoms with van der Waals surface area (Å²) in [6.07, 6.45) is -3.60. The fraction of sp³-hybridized carbons (Fsp3) is 0.625. The zero-order chi connectivity index (χ0) is 20.0. The maximum Gasteiger partial charge on any atom is 0.451 e. The molecule has 3 rings (SSSR count). The summed E-state index contributed by atoms with van der Waals surface area (Å²) in [5.74, 6) is -0.853. The minimum Gasteiger partial charge on any atom is -0.356 e. The Hall–Kier alpha value is -1.46. The van der Waals surface area contributed by atoms with Crippen molar-refractivity contribution in [3.05, 3.63) is 16.3 Å². The van der Waals surface area contributed by atoms with Crippen LogP contribution in [-0.2, 0) is 16.2 Å². The molecule has 1 saturated heterocycles. The standard InChI is InChI=1S/C16H21F3N4O2S2/c1-4-27(24,25)22-11-5-7-23(8-6-11)13-12-9(2)10(3)26-14(12)21-15(20-13)16(17,18)19/h11,22H,4-8H2,1-3H3. The highest BCUT2D eigenvalue weighted by Crippen LogP contribution is 2.38. The SMILES string of the molecule is CCS(=O)(=O)NC1CCN(c2nc(C(F)(F)F)nc3sc(C)c(C)c23)CC1. The van der Waals surface area contributed by atoms with Crippen LogP contribution < -0.4 is 9.62 Å². The van der Waals surface area contributed by atoms with Crippen molar-refractivity contribution in [3.63, 3.8) is 0 Å². The molecule has 2 aromatic heterocycles. The molecule has 0 spiro atoms. The monoisotopic (exact) mass is 422 g/mol. The molecule has 0 bridgehead atoms. The summed E-state index contributed by atoms with van der Waals surface area (Å²) in [6, 6.07) is -0.212. The Bertz CT molecular complexity index is 949. The average molecular weight is 422 g/mol. The van der Waals surface area contributed by atoms with Crippen LogP contribution >= 0.6 is 11.3 Å². The molecule has 0 amide bonds. The van der Waals surface area contributed by atoms with Gasteiger partial charge in [0.2, 0.25) is 15.8 Å². The summed E-state index contributed by atoms with van der Waals surface area (Å²) in [7, 11) is -3.31. The van der Waals surface area contributed by atoms with E-state index in [4.69, 9.17) is 0 Å². The van der Waals surface area contributed by atoms with Crippen molar-refractivity contribution in [1.29, 1.82) is 0 Å². The number of sulfonamides is 1. The summed E-state index contributed by atoms with van der Waals surface area (Å²) >= 11 is 1.23. The Kier molecular flexibility index (Phi) is 5.39. The molecule has 0 atom stereocenters. The number of rotatable bonds is 4. The highest BCUT2D eigenvalue weighted by molar-refractivity contribution is 7.89. The number of piperidine rings is 1. The Labute approximate surface area is 159 Å². The molecule has 0 aromatic carbocycles.